The van der Waals surface area contributed by atoms with Crippen molar-refractivity contribution in [1.82, 2.24) is 0 Å². The molecule has 5 N–H and O–H groups in total. The van der Waals surface area contributed by atoms with Gasteiger partial charge in [-0.05, 0) is 316 Å². The number of hydrogen-bond acceptors (Lipinski definition) is 15. The van der Waals surface area contributed by atoms with E-state index in [1.54, 1.807) is 0 Å². The van der Waals surface area contributed by atoms with Crippen LogP contribution in [0.25, 0.3) is 0 Å². The quantitative estimate of drug-likeness (QED) is 0.109. The van der Waals surface area contributed by atoms with Gasteiger partial charge in [-0.15, -0.1) is 0 Å². The molecule has 120 heavy (non-hydrogen) atoms. The maximum atomic E-state index is 10.3. The highest BCUT2D eigenvalue weighted by molar-refractivity contribution is 5.60. The number of ether oxygens (including phenoxy) is 10. The Bertz CT molecular complexity index is 4740. The fourth-order valence-corrected chi connectivity index (χ4v) is 19.1. The molecule has 0 saturated heterocycles. The van der Waals surface area contributed by atoms with Crippen LogP contribution in [-0.4, -0.2) is 86.6 Å². The molecule has 0 saturated carbocycles. The molecule has 5 atom stereocenters. The lowest BCUT2D eigenvalue weighted by Gasteiger charge is -2.35. The molecular weight excluding hydrogens is 1500 g/mol. The van der Waals surface area contributed by atoms with E-state index in [2.05, 4.69) is 130 Å². The molecule has 5 unspecified atom stereocenters. The third kappa shape index (κ3) is 18.0. The highest BCUT2D eigenvalue weighted by Crippen LogP contribution is 2.52. The van der Waals surface area contributed by atoms with Gasteiger partial charge in [-0.2, -0.15) is 0 Å². The Hall–Kier alpha value is -10.8. The smallest absolute Gasteiger partial charge is 0.129 e. The summed E-state index contributed by atoms with van der Waals surface area (Å²) < 4.78 is 61.3. The number of hydrogen-bond donors (Lipinski definition) is 5. The van der Waals surface area contributed by atoms with Gasteiger partial charge in [-0.3, -0.25) is 0 Å². The molecule has 20 rings (SSSR count). The van der Waals surface area contributed by atoms with E-state index < -0.39 is 0 Å². The Balaban J connectivity index is 0.000000112. The SMILES string of the molecule is Cc1ccc(C2COc3c(ccc4c3CCC(C)(C)O4)C2)c(O)c1.Cc1ccc(C2COc3c(ccc4c3CCC(C)(C)O4)C2)c(O)c1.Cc1ccc(C2COc3c(ccc4c3CCC(C)(C)O4)C2)c(O)c1.Cc1ccc(C2COc3c(ccc4c3CCC(C)(C)O4)C2)c(O)c1.Cc1ccc(C2COc3c(ccc4c3CCC(C)(C)O4)C2)c(O)c1. The molecule has 10 aromatic carbocycles. The fraction of sp³-hybridized carbons (Fsp3) is 0.429. The summed E-state index contributed by atoms with van der Waals surface area (Å²) in [5, 5.41) is 51.3. The number of fused-ring (bicyclic) bond motifs is 15. The normalized spacial score (nSPS) is 21.2. The molecule has 0 aromatic heterocycles. The Morgan fingerprint density at radius 1 is 0.233 bits per heavy atom. The van der Waals surface area contributed by atoms with E-state index in [4.69, 9.17) is 47.4 Å². The number of phenols is 5. The number of benzene rings is 10. The summed E-state index contributed by atoms with van der Waals surface area (Å²) in [6.07, 6.45) is 14.4. The van der Waals surface area contributed by atoms with E-state index in [1.165, 1.54) is 55.6 Å². The van der Waals surface area contributed by atoms with Gasteiger partial charge in [-0.1, -0.05) is 91.0 Å². The molecular formula is C105H120O15. The topological polar surface area (TPSA) is 193 Å². The first-order chi connectivity index (χ1) is 57.1. The molecule has 0 bridgehead atoms. The average Bonchev–Trinajstić information content (AvgIpc) is 0.785. The van der Waals surface area contributed by atoms with Crippen LogP contribution in [-0.2, 0) is 64.2 Å². The van der Waals surface area contributed by atoms with Crippen molar-refractivity contribution >= 4 is 0 Å². The monoisotopic (exact) mass is 1620 g/mol. The minimum atomic E-state index is -0.105. The van der Waals surface area contributed by atoms with Crippen molar-refractivity contribution < 1.29 is 72.9 Å². The van der Waals surface area contributed by atoms with Crippen LogP contribution >= 0.6 is 0 Å². The first-order valence-electron chi connectivity index (χ1n) is 43.4. The molecule has 0 radical (unpaired) electrons. The lowest BCUT2D eigenvalue weighted by molar-refractivity contribution is 0.0822. The van der Waals surface area contributed by atoms with Gasteiger partial charge in [0.05, 0.1) is 33.0 Å². The van der Waals surface area contributed by atoms with Crippen LogP contribution in [0.2, 0.25) is 0 Å². The summed E-state index contributed by atoms with van der Waals surface area (Å²) in [6.45, 7) is 34.3. The van der Waals surface area contributed by atoms with Crippen LogP contribution in [0.5, 0.6) is 86.2 Å². The second-order valence-electron chi connectivity index (χ2n) is 38.3. The van der Waals surface area contributed by atoms with Crippen molar-refractivity contribution in [2.45, 2.75) is 258 Å². The largest absolute Gasteiger partial charge is 0.508 e. The molecule has 0 aliphatic carbocycles. The maximum Gasteiger partial charge on any atom is 0.129 e. The van der Waals surface area contributed by atoms with Crippen molar-refractivity contribution in [3.63, 3.8) is 0 Å². The lowest BCUT2D eigenvalue weighted by Crippen LogP contribution is -2.33. The van der Waals surface area contributed by atoms with E-state index in [-0.39, 0.29) is 57.6 Å². The number of phenolic OH excluding ortho intramolecular Hbond substituents is 5. The third-order valence-electron chi connectivity index (χ3n) is 25.9. The van der Waals surface area contributed by atoms with E-state index in [9.17, 15) is 25.5 Å². The summed E-state index contributed by atoms with van der Waals surface area (Å²) in [7, 11) is 0. The molecule has 15 nitrogen and oxygen atoms in total. The fourth-order valence-electron chi connectivity index (χ4n) is 19.1. The molecule has 15 heteroatoms. The predicted molar refractivity (Wildman–Crippen MR) is 471 cm³/mol. The number of aromatic hydroxyl groups is 5. The zero-order chi connectivity index (χ0) is 84.5. The highest BCUT2D eigenvalue weighted by atomic mass is 16.5. The second kappa shape index (κ2) is 33.0. The van der Waals surface area contributed by atoms with Gasteiger partial charge in [0, 0.05) is 85.2 Å². The lowest BCUT2D eigenvalue weighted by atomic mass is 9.86. The van der Waals surface area contributed by atoms with E-state index in [0.717, 1.165) is 209 Å². The molecule has 10 heterocycles. The second-order valence-corrected chi connectivity index (χ2v) is 38.3. The summed E-state index contributed by atoms with van der Waals surface area (Å²) in [4.78, 5) is 0. The van der Waals surface area contributed by atoms with Crippen LogP contribution in [0.1, 0.15) is 242 Å². The van der Waals surface area contributed by atoms with Gasteiger partial charge in [0.1, 0.15) is 114 Å². The van der Waals surface area contributed by atoms with Crippen LogP contribution < -0.4 is 47.4 Å². The summed E-state index contributed by atoms with van der Waals surface area (Å²) >= 11 is 0. The van der Waals surface area contributed by atoms with Crippen molar-refractivity contribution in [3.8, 4) is 86.2 Å². The Labute approximate surface area is 708 Å². The highest BCUT2D eigenvalue weighted by Gasteiger charge is 2.40. The molecule has 10 aliphatic heterocycles. The van der Waals surface area contributed by atoms with E-state index in [0.29, 0.717) is 61.8 Å². The van der Waals surface area contributed by atoms with Gasteiger partial charge in [0.25, 0.3) is 0 Å². The van der Waals surface area contributed by atoms with Crippen LogP contribution in [0.15, 0.2) is 152 Å². The van der Waals surface area contributed by atoms with Crippen LogP contribution in [0.3, 0.4) is 0 Å². The van der Waals surface area contributed by atoms with Crippen LogP contribution in [0.4, 0.5) is 0 Å². The first kappa shape index (κ1) is 82.9. The van der Waals surface area contributed by atoms with Crippen molar-refractivity contribution in [2.24, 2.45) is 0 Å². The molecule has 0 amide bonds. The van der Waals surface area contributed by atoms with Crippen molar-refractivity contribution in [3.05, 3.63) is 263 Å². The minimum absolute atomic E-state index is 0.105. The van der Waals surface area contributed by atoms with E-state index in [1.807, 2.05) is 126 Å². The van der Waals surface area contributed by atoms with Gasteiger partial charge in [0.15, 0.2) is 0 Å². The van der Waals surface area contributed by atoms with Crippen molar-refractivity contribution in [2.75, 3.05) is 33.0 Å². The maximum absolute atomic E-state index is 10.3. The molecule has 0 spiro atoms. The summed E-state index contributed by atoms with van der Waals surface area (Å²) in [6, 6.07) is 50.5. The Kier molecular flexibility index (Phi) is 22.8. The summed E-state index contributed by atoms with van der Waals surface area (Å²) in [5.41, 5.74) is 21.8. The molecule has 10 aliphatic rings. The third-order valence-corrected chi connectivity index (χ3v) is 25.9. The number of rotatable bonds is 5. The van der Waals surface area contributed by atoms with Crippen molar-refractivity contribution in [1.29, 1.82) is 0 Å². The Morgan fingerprint density at radius 2 is 0.400 bits per heavy atom. The molecule has 10 aromatic rings. The molecule has 0 fully saturated rings. The minimum Gasteiger partial charge on any atom is -0.508 e. The van der Waals surface area contributed by atoms with Gasteiger partial charge < -0.3 is 72.9 Å². The average molecular weight is 1620 g/mol. The number of aryl methyl sites for hydroxylation is 5. The van der Waals surface area contributed by atoms with Crippen LogP contribution in [0, 0.1) is 34.6 Å². The van der Waals surface area contributed by atoms with E-state index >= 15 is 0 Å². The van der Waals surface area contributed by atoms with Gasteiger partial charge in [0.2, 0.25) is 0 Å². The predicted octanol–water partition coefficient (Wildman–Crippen LogP) is 22.6. The zero-order valence-electron chi connectivity index (χ0n) is 72.8. The van der Waals surface area contributed by atoms with Gasteiger partial charge >= 0.3 is 0 Å². The Morgan fingerprint density at radius 3 is 0.558 bits per heavy atom. The summed E-state index contributed by atoms with van der Waals surface area (Å²) in [5.74, 6) is 12.6. The standard InChI is InChI=1S/5C21H24O3/c5*1-13-4-6-16(18(22)10-13)15-11-14-5-7-19-17(20(14)23-12-15)8-9-21(2,3)24-19/h5*4-7,10,15,22H,8-9,11-12H2,1-3H3. The van der Waals surface area contributed by atoms with Gasteiger partial charge in [-0.25, -0.2) is 0 Å². The first-order valence-corrected chi connectivity index (χ1v) is 43.4. The molecule has 630 valence electrons. The zero-order valence-corrected chi connectivity index (χ0v) is 72.8.